The first-order valence-electron chi connectivity index (χ1n) is 9.44. The van der Waals surface area contributed by atoms with Crippen LogP contribution in [0, 0.1) is 0 Å². The van der Waals surface area contributed by atoms with Gasteiger partial charge in [0.15, 0.2) is 0 Å². The third kappa shape index (κ3) is 4.40. The summed E-state index contributed by atoms with van der Waals surface area (Å²) in [5.41, 5.74) is 1.64. The van der Waals surface area contributed by atoms with Crippen LogP contribution in [0.25, 0.3) is 10.7 Å². The molecule has 0 atom stereocenters. The van der Waals surface area contributed by atoms with Crippen LogP contribution in [0.2, 0.25) is 0 Å². The largest absolute Gasteiger partial charge is 0.465 e. The lowest BCUT2D eigenvalue weighted by molar-refractivity contribution is -0.139. The topological polar surface area (TPSA) is 118 Å². The molecule has 0 spiro atoms. The molecule has 1 fully saturated rings. The van der Waals surface area contributed by atoms with Crippen LogP contribution < -0.4 is 0 Å². The number of pyridine rings is 1. The van der Waals surface area contributed by atoms with E-state index in [1.807, 2.05) is 0 Å². The zero-order chi connectivity index (χ0) is 21.8. The van der Waals surface area contributed by atoms with Crippen LogP contribution in [-0.4, -0.2) is 67.9 Å². The van der Waals surface area contributed by atoms with E-state index < -0.39 is 11.9 Å². The van der Waals surface area contributed by atoms with E-state index in [1.54, 1.807) is 24.0 Å². The molecule has 1 aliphatic heterocycles. The smallest absolute Gasteiger partial charge is 0.339 e. The molecular weight excluding hydrogens is 420 g/mol. The molecule has 11 heteroatoms. The summed E-state index contributed by atoms with van der Waals surface area (Å²) in [6.45, 7) is 0.846. The minimum absolute atomic E-state index is 0.0647. The maximum absolute atomic E-state index is 12.9. The summed E-state index contributed by atoms with van der Waals surface area (Å²) < 4.78 is 4.63. The third-order valence-corrected chi connectivity index (χ3v) is 5.54. The van der Waals surface area contributed by atoms with Gasteiger partial charge in [-0.1, -0.05) is 0 Å². The van der Waals surface area contributed by atoms with Crippen molar-refractivity contribution in [2.45, 2.75) is 12.8 Å². The summed E-state index contributed by atoms with van der Waals surface area (Å²) >= 11 is 1.38. The molecular formula is C20H18N6O4S. The molecule has 4 rings (SSSR count). The predicted molar refractivity (Wildman–Crippen MR) is 110 cm³/mol. The quantitative estimate of drug-likeness (QED) is 0.551. The van der Waals surface area contributed by atoms with E-state index >= 15 is 0 Å². The number of aromatic nitrogens is 4. The molecule has 3 aromatic heterocycles. The lowest BCUT2D eigenvalue weighted by atomic mass is 10.2. The fourth-order valence-electron chi connectivity index (χ4n) is 3.13. The van der Waals surface area contributed by atoms with Gasteiger partial charge in [0, 0.05) is 37.1 Å². The number of esters is 1. The zero-order valence-corrected chi connectivity index (χ0v) is 17.4. The number of nitrogens with zero attached hydrogens (tertiary/aromatic N) is 6. The van der Waals surface area contributed by atoms with Crippen molar-refractivity contribution in [1.82, 2.24) is 30.0 Å². The van der Waals surface area contributed by atoms with Crippen LogP contribution in [0.5, 0.6) is 0 Å². The van der Waals surface area contributed by atoms with Crippen LogP contribution >= 0.6 is 11.3 Å². The average molecular weight is 438 g/mol. The standard InChI is InChI=1S/C20H18N6O4S/c1-30-20(29)13-3-4-15(23-10-13)19(28)26-8-2-7-25(26)17(27)9-14-12-31-18(24-14)16-11-21-5-6-22-16/h3-6,10-12H,2,7-9H2,1H3. The number of methoxy groups -OCH3 is 1. The van der Waals surface area contributed by atoms with Gasteiger partial charge in [-0.3, -0.25) is 29.5 Å². The molecule has 3 aromatic rings. The Morgan fingerprint density at radius 1 is 1.10 bits per heavy atom. The highest BCUT2D eigenvalue weighted by molar-refractivity contribution is 7.13. The normalized spacial score (nSPS) is 13.3. The lowest BCUT2D eigenvalue weighted by Gasteiger charge is -2.27. The van der Waals surface area contributed by atoms with E-state index in [1.165, 1.54) is 46.8 Å². The number of rotatable bonds is 5. The number of hydrogen-bond donors (Lipinski definition) is 0. The lowest BCUT2D eigenvalue weighted by Crippen LogP contribution is -2.45. The Bertz CT molecular complexity index is 1100. The molecule has 0 aliphatic carbocycles. The first-order chi connectivity index (χ1) is 15.1. The van der Waals surface area contributed by atoms with Gasteiger partial charge in [0.2, 0.25) is 5.91 Å². The minimum atomic E-state index is -0.534. The fourth-order valence-corrected chi connectivity index (χ4v) is 3.91. The number of carbonyl (C=O) groups excluding carboxylic acids is 3. The monoisotopic (exact) mass is 438 g/mol. The van der Waals surface area contributed by atoms with Crippen molar-refractivity contribution in [2.75, 3.05) is 20.2 Å². The van der Waals surface area contributed by atoms with E-state index in [0.29, 0.717) is 35.9 Å². The second-order valence-corrected chi connectivity index (χ2v) is 7.49. The molecule has 158 valence electrons. The van der Waals surface area contributed by atoms with Gasteiger partial charge in [0.1, 0.15) is 16.4 Å². The third-order valence-electron chi connectivity index (χ3n) is 4.62. The number of thiazole rings is 1. The average Bonchev–Trinajstić information content (AvgIpc) is 3.49. The van der Waals surface area contributed by atoms with Crippen molar-refractivity contribution >= 4 is 29.1 Å². The van der Waals surface area contributed by atoms with E-state index in [-0.39, 0.29) is 23.6 Å². The molecule has 1 aliphatic rings. The van der Waals surface area contributed by atoms with E-state index in [9.17, 15) is 14.4 Å². The molecule has 1 saturated heterocycles. The second-order valence-electron chi connectivity index (χ2n) is 6.63. The van der Waals surface area contributed by atoms with Gasteiger partial charge in [-0.05, 0) is 18.6 Å². The molecule has 0 unspecified atom stereocenters. The van der Waals surface area contributed by atoms with Crippen molar-refractivity contribution in [1.29, 1.82) is 0 Å². The van der Waals surface area contributed by atoms with Gasteiger partial charge in [-0.2, -0.15) is 0 Å². The molecule has 0 radical (unpaired) electrons. The second kappa shape index (κ2) is 8.96. The van der Waals surface area contributed by atoms with E-state index in [2.05, 4.69) is 24.7 Å². The summed E-state index contributed by atoms with van der Waals surface area (Å²) in [4.78, 5) is 54.0. The van der Waals surface area contributed by atoms with Gasteiger partial charge >= 0.3 is 5.97 Å². The number of carbonyl (C=O) groups is 3. The highest BCUT2D eigenvalue weighted by Gasteiger charge is 2.32. The summed E-state index contributed by atoms with van der Waals surface area (Å²) in [6, 6.07) is 2.92. The van der Waals surface area contributed by atoms with Gasteiger partial charge < -0.3 is 4.74 Å². The van der Waals surface area contributed by atoms with E-state index in [4.69, 9.17) is 0 Å². The summed E-state index contributed by atoms with van der Waals surface area (Å²) in [5.74, 6) is -1.16. The maximum atomic E-state index is 12.9. The Morgan fingerprint density at radius 3 is 2.65 bits per heavy atom. The number of hydrogen-bond acceptors (Lipinski definition) is 9. The SMILES string of the molecule is COC(=O)c1ccc(C(=O)N2CCCN2C(=O)Cc2csc(-c3cnccn3)n2)nc1. The highest BCUT2D eigenvalue weighted by Crippen LogP contribution is 2.22. The van der Waals surface area contributed by atoms with Crippen molar-refractivity contribution in [3.8, 4) is 10.7 Å². The molecule has 0 N–H and O–H groups in total. The number of amides is 2. The molecule has 0 bridgehead atoms. The van der Waals surface area contributed by atoms with Crippen LogP contribution in [0.1, 0.15) is 33.0 Å². The molecule has 4 heterocycles. The molecule has 0 saturated carbocycles. The summed E-state index contributed by atoms with van der Waals surface area (Å²) in [6.07, 6.45) is 6.79. The Kier molecular flexibility index (Phi) is 5.94. The van der Waals surface area contributed by atoms with Crippen LogP contribution in [0.4, 0.5) is 0 Å². The first-order valence-corrected chi connectivity index (χ1v) is 10.3. The van der Waals surface area contributed by atoms with Crippen LogP contribution in [0.3, 0.4) is 0 Å². The van der Waals surface area contributed by atoms with Crippen molar-refractivity contribution in [3.05, 3.63) is 59.3 Å². The van der Waals surface area contributed by atoms with E-state index in [0.717, 1.165) is 0 Å². The van der Waals surface area contributed by atoms with Crippen molar-refractivity contribution in [3.63, 3.8) is 0 Å². The highest BCUT2D eigenvalue weighted by atomic mass is 32.1. The first kappa shape index (κ1) is 20.5. The summed E-state index contributed by atoms with van der Waals surface area (Å²) in [5, 5.41) is 5.30. The van der Waals surface area contributed by atoms with Gasteiger partial charge in [0.25, 0.3) is 5.91 Å². The maximum Gasteiger partial charge on any atom is 0.339 e. The molecule has 31 heavy (non-hydrogen) atoms. The fraction of sp³-hybridized carbons (Fsp3) is 0.250. The van der Waals surface area contributed by atoms with Gasteiger partial charge in [-0.25, -0.2) is 14.8 Å². The Balaban J connectivity index is 1.44. The van der Waals surface area contributed by atoms with Crippen molar-refractivity contribution < 1.29 is 19.1 Å². The molecule has 0 aromatic carbocycles. The van der Waals surface area contributed by atoms with Crippen LogP contribution in [-0.2, 0) is 16.0 Å². The zero-order valence-electron chi connectivity index (χ0n) is 16.6. The van der Waals surface area contributed by atoms with Gasteiger partial charge in [0.05, 0.1) is 31.0 Å². The number of ether oxygens (including phenoxy) is 1. The van der Waals surface area contributed by atoms with Gasteiger partial charge in [-0.15, -0.1) is 11.3 Å². The minimum Gasteiger partial charge on any atom is -0.465 e. The summed E-state index contributed by atoms with van der Waals surface area (Å²) in [7, 11) is 1.27. The Morgan fingerprint density at radius 2 is 1.94 bits per heavy atom. The molecule has 10 nitrogen and oxygen atoms in total. The predicted octanol–water partition coefficient (Wildman–Crippen LogP) is 1.61. The molecule has 2 amide bonds. The number of hydrazine groups is 1. The van der Waals surface area contributed by atoms with Crippen molar-refractivity contribution in [2.24, 2.45) is 0 Å². The van der Waals surface area contributed by atoms with Crippen LogP contribution in [0.15, 0.2) is 42.3 Å². The Hall–Kier alpha value is -3.73. The Labute approximate surface area is 181 Å².